The van der Waals surface area contributed by atoms with Gasteiger partial charge in [-0.3, -0.25) is 4.79 Å². The van der Waals surface area contributed by atoms with E-state index in [1.807, 2.05) is 0 Å². The number of carbonyl (C=O) groups is 1. The molecular weight excluding hydrogens is 278 g/mol. The van der Waals surface area contributed by atoms with Gasteiger partial charge in [0.15, 0.2) is 0 Å². The van der Waals surface area contributed by atoms with E-state index in [0.717, 1.165) is 0 Å². The summed E-state index contributed by atoms with van der Waals surface area (Å²) in [5.41, 5.74) is 0.963. The standard InChI is InChI=1S/C15H14ClNO3/c1-19-10-7-8-13(12(16)9-10)17-15(18)11-5-3-4-6-14(11)20-2/h3-9H,1-2H3,(H,17,18). The Morgan fingerprint density at radius 1 is 1.10 bits per heavy atom. The Hall–Kier alpha value is -2.20. The summed E-state index contributed by atoms with van der Waals surface area (Å²) in [6, 6.07) is 12.0. The highest BCUT2D eigenvalue weighted by Crippen LogP contribution is 2.28. The molecule has 4 nitrogen and oxygen atoms in total. The van der Waals surface area contributed by atoms with Crippen molar-refractivity contribution < 1.29 is 14.3 Å². The van der Waals surface area contributed by atoms with E-state index in [0.29, 0.717) is 27.8 Å². The monoisotopic (exact) mass is 291 g/mol. The maximum atomic E-state index is 12.2. The fourth-order valence-corrected chi connectivity index (χ4v) is 1.96. The molecule has 5 heteroatoms. The van der Waals surface area contributed by atoms with Crippen LogP contribution in [0.2, 0.25) is 5.02 Å². The summed E-state index contributed by atoms with van der Waals surface area (Å²) in [5, 5.41) is 3.16. The average molecular weight is 292 g/mol. The fourth-order valence-electron chi connectivity index (χ4n) is 1.75. The molecule has 1 N–H and O–H groups in total. The summed E-state index contributed by atoms with van der Waals surface area (Å²) < 4.78 is 10.2. The number of anilines is 1. The van der Waals surface area contributed by atoms with E-state index < -0.39 is 0 Å². The van der Waals surface area contributed by atoms with Crippen molar-refractivity contribution >= 4 is 23.2 Å². The molecular formula is C15H14ClNO3. The normalized spacial score (nSPS) is 9.95. The molecule has 0 aromatic heterocycles. The van der Waals surface area contributed by atoms with Crippen LogP contribution in [0, 0.1) is 0 Å². The predicted octanol–water partition coefficient (Wildman–Crippen LogP) is 3.61. The van der Waals surface area contributed by atoms with Crippen molar-refractivity contribution in [3.05, 3.63) is 53.1 Å². The second kappa shape index (κ2) is 6.30. The highest BCUT2D eigenvalue weighted by molar-refractivity contribution is 6.34. The number of nitrogens with one attached hydrogen (secondary N) is 1. The lowest BCUT2D eigenvalue weighted by atomic mass is 10.2. The molecule has 0 spiro atoms. The maximum Gasteiger partial charge on any atom is 0.259 e. The molecule has 2 rings (SSSR count). The third kappa shape index (κ3) is 3.03. The van der Waals surface area contributed by atoms with Crippen LogP contribution in [0.4, 0.5) is 5.69 Å². The van der Waals surface area contributed by atoms with Crippen molar-refractivity contribution in [2.75, 3.05) is 19.5 Å². The van der Waals surface area contributed by atoms with Gasteiger partial charge in [-0.1, -0.05) is 23.7 Å². The average Bonchev–Trinajstić information content (AvgIpc) is 2.49. The van der Waals surface area contributed by atoms with Gasteiger partial charge in [-0.15, -0.1) is 0 Å². The maximum absolute atomic E-state index is 12.2. The van der Waals surface area contributed by atoms with Gasteiger partial charge in [0, 0.05) is 6.07 Å². The lowest BCUT2D eigenvalue weighted by molar-refractivity contribution is 0.102. The lowest BCUT2D eigenvalue weighted by Gasteiger charge is -2.11. The summed E-state index contributed by atoms with van der Waals surface area (Å²) >= 11 is 6.09. The fraction of sp³-hybridized carbons (Fsp3) is 0.133. The van der Waals surface area contributed by atoms with E-state index in [4.69, 9.17) is 21.1 Å². The first-order valence-electron chi connectivity index (χ1n) is 5.93. The molecule has 0 unspecified atom stereocenters. The van der Waals surface area contributed by atoms with Crippen molar-refractivity contribution in [3.63, 3.8) is 0 Å². The number of hydrogen-bond donors (Lipinski definition) is 1. The first-order chi connectivity index (χ1) is 9.65. The van der Waals surface area contributed by atoms with Crippen LogP contribution in [-0.4, -0.2) is 20.1 Å². The topological polar surface area (TPSA) is 47.6 Å². The van der Waals surface area contributed by atoms with Gasteiger partial charge in [0.05, 0.1) is 30.5 Å². The van der Waals surface area contributed by atoms with Gasteiger partial charge in [-0.25, -0.2) is 0 Å². The molecule has 0 heterocycles. The van der Waals surface area contributed by atoms with Crippen molar-refractivity contribution in [1.82, 2.24) is 0 Å². The smallest absolute Gasteiger partial charge is 0.259 e. The van der Waals surface area contributed by atoms with Crippen LogP contribution >= 0.6 is 11.6 Å². The highest BCUT2D eigenvalue weighted by Gasteiger charge is 2.13. The van der Waals surface area contributed by atoms with Gasteiger partial charge in [0.25, 0.3) is 5.91 Å². The summed E-state index contributed by atoms with van der Waals surface area (Å²) in [4.78, 5) is 12.2. The molecule has 2 aromatic rings. The van der Waals surface area contributed by atoms with Gasteiger partial charge in [0.2, 0.25) is 0 Å². The van der Waals surface area contributed by atoms with E-state index in [2.05, 4.69) is 5.32 Å². The molecule has 0 aliphatic rings. The van der Waals surface area contributed by atoms with Gasteiger partial charge in [-0.2, -0.15) is 0 Å². The number of amides is 1. The molecule has 2 aromatic carbocycles. The molecule has 1 amide bonds. The number of para-hydroxylation sites is 1. The first kappa shape index (κ1) is 14.2. The van der Waals surface area contributed by atoms with E-state index in [9.17, 15) is 4.79 Å². The molecule has 0 saturated heterocycles. The van der Waals surface area contributed by atoms with Gasteiger partial charge >= 0.3 is 0 Å². The Bertz CT molecular complexity index is 628. The second-order valence-corrected chi connectivity index (χ2v) is 4.41. The third-order valence-corrected chi connectivity index (χ3v) is 3.09. The van der Waals surface area contributed by atoms with Crippen LogP contribution in [0.3, 0.4) is 0 Å². The third-order valence-electron chi connectivity index (χ3n) is 2.78. The number of methoxy groups -OCH3 is 2. The summed E-state index contributed by atoms with van der Waals surface area (Å²) in [6.07, 6.45) is 0. The van der Waals surface area contributed by atoms with Crippen molar-refractivity contribution in [1.29, 1.82) is 0 Å². The zero-order valence-corrected chi connectivity index (χ0v) is 11.9. The number of ether oxygens (including phenoxy) is 2. The van der Waals surface area contributed by atoms with E-state index in [1.165, 1.54) is 7.11 Å². The molecule has 0 radical (unpaired) electrons. The van der Waals surface area contributed by atoms with Crippen LogP contribution in [0.5, 0.6) is 11.5 Å². The quantitative estimate of drug-likeness (QED) is 0.936. The SMILES string of the molecule is COc1ccc(NC(=O)c2ccccc2OC)c(Cl)c1. The summed E-state index contributed by atoms with van der Waals surface area (Å²) in [5.74, 6) is 0.856. The van der Waals surface area contributed by atoms with Crippen LogP contribution in [0.1, 0.15) is 10.4 Å². The molecule has 104 valence electrons. The Labute approximate surface area is 122 Å². The molecule has 0 bridgehead atoms. The minimum absolute atomic E-state index is 0.283. The van der Waals surface area contributed by atoms with E-state index in [1.54, 1.807) is 49.6 Å². The lowest BCUT2D eigenvalue weighted by Crippen LogP contribution is -2.13. The summed E-state index contributed by atoms with van der Waals surface area (Å²) in [7, 11) is 3.07. The number of carbonyl (C=O) groups excluding carboxylic acids is 1. The van der Waals surface area contributed by atoms with Crippen molar-refractivity contribution in [2.45, 2.75) is 0 Å². The van der Waals surface area contributed by atoms with Crippen LogP contribution < -0.4 is 14.8 Å². The molecule has 20 heavy (non-hydrogen) atoms. The zero-order valence-electron chi connectivity index (χ0n) is 11.1. The zero-order chi connectivity index (χ0) is 14.5. The number of rotatable bonds is 4. The van der Waals surface area contributed by atoms with E-state index in [-0.39, 0.29) is 5.91 Å². The predicted molar refractivity (Wildman–Crippen MR) is 79.0 cm³/mol. The second-order valence-electron chi connectivity index (χ2n) is 4.00. The van der Waals surface area contributed by atoms with Crippen molar-refractivity contribution in [3.8, 4) is 11.5 Å². The molecule has 0 aliphatic carbocycles. The Morgan fingerprint density at radius 3 is 2.50 bits per heavy atom. The Morgan fingerprint density at radius 2 is 1.85 bits per heavy atom. The molecule has 0 saturated carbocycles. The Kier molecular flexibility index (Phi) is 4.48. The molecule has 0 atom stereocenters. The minimum Gasteiger partial charge on any atom is -0.497 e. The van der Waals surface area contributed by atoms with Gasteiger partial charge in [-0.05, 0) is 24.3 Å². The largest absolute Gasteiger partial charge is 0.497 e. The first-order valence-corrected chi connectivity index (χ1v) is 6.31. The number of halogens is 1. The summed E-state index contributed by atoms with van der Waals surface area (Å²) in [6.45, 7) is 0. The van der Waals surface area contributed by atoms with E-state index >= 15 is 0 Å². The van der Waals surface area contributed by atoms with Crippen molar-refractivity contribution in [2.24, 2.45) is 0 Å². The number of hydrogen-bond acceptors (Lipinski definition) is 3. The van der Waals surface area contributed by atoms with Crippen LogP contribution in [0.15, 0.2) is 42.5 Å². The van der Waals surface area contributed by atoms with Crippen LogP contribution in [0.25, 0.3) is 0 Å². The molecule has 0 aliphatic heterocycles. The van der Waals surface area contributed by atoms with Gasteiger partial charge in [0.1, 0.15) is 11.5 Å². The highest BCUT2D eigenvalue weighted by atomic mass is 35.5. The molecule has 0 fully saturated rings. The Balaban J connectivity index is 2.23. The number of benzene rings is 2. The van der Waals surface area contributed by atoms with Crippen LogP contribution in [-0.2, 0) is 0 Å². The minimum atomic E-state index is -0.283. The van der Waals surface area contributed by atoms with Gasteiger partial charge < -0.3 is 14.8 Å².